The Bertz CT molecular complexity index is 593. The Hall–Kier alpha value is -1.87. The van der Waals surface area contributed by atoms with E-state index in [4.69, 9.17) is 10.5 Å². The minimum atomic E-state index is -0.282. The van der Waals surface area contributed by atoms with Gasteiger partial charge in [-0.3, -0.25) is 0 Å². The van der Waals surface area contributed by atoms with E-state index in [0.29, 0.717) is 16.9 Å². The average Bonchev–Trinajstić information content (AvgIpc) is 2.33. The molecule has 0 spiro atoms. The molecule has 0 aliphatic rings. The number of hydrogen-bond donors (Lipinski definition) is 1. The standard InChI is InChI=1S/C16H18FNO/c1-10-5-4-6-13(7-10)19-16-8-11(2)15(17)9-14(16)12(3)18/h4-9,12H,18H2,1-3H3/t12-/m1/s1. The van der Waals surface area contributed by atoms with Crippen LogP contribution in [0.25, 0.3) is 0 Å². The summed E-state index contributed by atoms with van der Waals surface area (Å²) in [6, 6.07) is 10.6. The van der Waals surface area contributed by atoms with Crippen LogP contribution in [-0.4, -0.2) is 0 Å². The van der Waals surface area contributed by atoms with Crippen molar-refractivity contribution in [3.05, 3.63) is 58.9 Å². The summed E-state index contributed by atoms with van der Waals surface area (Å²) in [4.78, 5) is 0. The number of rotatable bonds is 3. The van der Waals surface area contributed by atoms with E-state index in [0.717, 1.165) is 11.3 Å². The zero-order valence-corrected chi connectivity index (χ0v) is 11.4. The van der Waals surface area contributed by atoms with E-state index in [2.05, 4.69) is 0 Å². The molecule has 100 valence electrons. The molecule has 1 atom stereocenters. The number of halogens is 1. The second-order valence-corrected chi connectivity index (χ2v) is 4.85. The van der Waals surface area contributed by atoms with Gasteiger partial charge in [-0.2, -0.15) is 0 Å². The lowest BCUT2D eigenvalue weighted by Crippen LogP contribution is -2.08. The second kappa shape index (κ2) is 5.41. The third-order valence-electron chi connectivity index (χ3n) is 3.00. The summed E-state index contributed by atoms with van der Waals surface area (Å²) in [7, 11) is 0. The molecule has 0 aromatic heterocycles. The van der Waals surface area contributed by atoms with E-state index >= 15 is 0 Å². The van der Waals surface area contributed by atoms with Gasteiger partial charge >= 0.3 is 0 Å². The predicted molar refractivity (Wildman–Crippen MR) is 75.0 cm³/mol. The summed E-state index contributed by atoms with van der Waals surface area (Å²) in [5.41, 5.74) is 8.20. The summed E-state index contributed by atoms with van der Waals surface area (Å²) in [5.74, 6) is 1.08. The van der Waals surface area contributed by atoms with Crippen LogP contribution in [0.5, 0.6) is 11.5 Å². The fourth-order valence-electron chi connectivity index (χ4n) is 1.92. The Morgan fingerprint density at radius 3 is 2.53 bits per heavy atom. The molecule has 0 fully saturated rings. The van der Waals surface area contributed by atoms with Crippen LogP contribution in [0.1, 0.15) is 29.7 Å². The van der Waals surface area contributed by atoms with Crippen LogP contribution in [0.15, 0.2) is 36.4 Å². The van der Waals surface area contributed by atoms with E-state index in [9.17, 15) is 4.39 Å². The first-order valence-corrected chi connectivity index (χ1v) is 6.27. The van der Waals surface area contributed by atoms with Gasteiger partial charge in [-0.1, -0.05) is 12.1 Å². The molecule has 0 saturated carbocycles. The van der Waals surface area contributed by atoms with Gasteiger partial charge in [0.2, 0.25) is 0 Å². The van der Waals surface area contributed by atoms with Crippen LogP contribution in [0.4, 0.5) is 4.39 Å². The molecule has 0 amide bonds. The van der Waals surface area contributed by atoms with Crippen molar-refractivity contribution in [3.8, 4) is 11.5 Å². The molecule has 0 bridgehead atoms. The third-order valence-corrected chi connectivity index (χ3v) is 3.00. The molecular weight excluding hydrogens is 241 g/mol. The lowest BCUT2D eigenvalue weighted by molar-refractivity contribution is 0.468. The molecule has 0 saturated heterocycles. The quantitative estimate of drug-likeness (QED) is 0.894. The number of ether oxygens (including phenoxy) is 1. The van der Waals surface area contributed by atoms with Crippen molar-refractivity contribution in [2.75, 3.05) is 0 Å². The number of aryl methyl sites for hydroxylation is 2. The SMILES string of the molecule is Cc1cccc(Oc2cc(C)c(F)cc2[C@@H](C)N)c1. The first kappa shape index (κ1) is 13.6. The molecular formula is C16H18FNO. The van der Waals surface area contributed by atoms with E-state index < -0.39 is 0 Å². The molecule has 0 aliphatic carbocycles. The van der Waals surface area contributed by atoms with Crippen molar-refractivity contribution in [2.45, 2.75) is 26.8 Å². The van der Waals surface area contributed by atoms with Crippen molar-refractivity contribution >= 4 is 0 Å². The van der Waals surface area contributed by atoms with Gasteiger partial charge in [-0.25, -0.2) is 4.39 Å². The molecule has 3 heteroatoms. The summed E-state index contributed by atoms with van der Waals surface area (Å²) in [5, 5.41) is 0. The van der Waals surface area contributed by atoms with Crippen LogP contribution in [-0.2, 0) is 0 Å². The van der Waals surface area contributed by atoms with Gasteiger partial charge in [-0.05, 0) is 56.2 Å². The summed E-state index contributed by atoms with van der Waals surface area (Å²) < 4.78 is 19.5. The number of nitrogens with two attached hydrogens (primary N) is 1. The van der Waals surface area contributed by atoms with E-state index in [1.807, 2.05) is 38.1 Å². The van der Waals surface area contributed by atoms with Crippen LogP contribution in [0.3, 0.4) is 0 Å². The average molecular weight is 259 g/mol. The molecule has 2 rings (SSSR count). The third kappa shape index (κ3) is 3.12. The minimum Gasteiger partial charge on any atom is -0.457 e. The lowest BCUT2D eigenvalue weighted by Gasteiger charge is -2.15. The molecule has 19 heavy (non-hydrogen) atoms. The van der Waals surface area contributed by atoms with Crippen molar-refractivity contribution in [3.63, 3.8) is 0 Å². The monoisotopic (exact) mass is 259 g/mol. The van der Waals surface area contributed by atoms with Crippen molar-refractivity contribution < 1.29 is 9.13 Å². The van der Waals surface area contributed by atoms with Crippen LogP contribution < -0.4 is 10.5 Å². The highest BCUT2D eigenvalue weighted by Crippen LogP contribution is 2.31. The molecule has 0 aliphatic heterocycles. The minimum absolute atomic E-state index is 0.260. The van der Waals surface area contributed by atoms with Crippen molar-refractivity contribution in [1.82, 2.24) is 0 Å². The van der Waals surface area contributed by atoms with Gasteiger partial charge in [0.25, 0.3) is 0 Å². The van der Waals surface area contributed by atoms with E-state index in [-0.39, 0.29) is 11.9 Å². The van der Waals surface area contributed by atoms with Gasteiger partial charge in [0, 0.05) is 11.6 Å². The highest BCUT2D eigenvalue weighted by Gasteiger charge is 2.13. The Labute approximate surface area is 113 Å². The van der Waals surface area contributed by atoms with Crippen LogP contribution in [0.2, 0.25) is 0 Å². The first-order chi connectivity index (χ1) is 8.97. The maximum absolute atomic E-state index is 13.6. The van der Waals surface area contributed by atoms with Crippen molar-refractivity contribution in [2.24, 2.45) is 5.73 Å². The molecule has 2 aromatic carbocycles. The Morgan fingerprint density at radius 1 is 1.16 bits per heavy atom. The topological polar surface area (TPSA) is 35.2 Å². The van der Waals surface area contributed by atoms with Gasteiger partial charge < -0.3 is 10.5 Å². The van der Waals surface area contributed by atoms with Gasteiger partial charge in [0.05, 0.1) is 0 Å². The fraction of sp³-hybridized carbons (Fsp3) is 0.250. The summed E-state index contributed by atoms with van der Waals surface area (Å²) >= 11 is 0. The second-order valence-electron chi connectivity index (χ2n) is 4.85. The summed E-state index contributed by atoms with van der Waals surface area (Å²) in [6.07, 6.45) is 0. The zero-order chi connectivity index (χ0) is 14.0. The highest BCUT2D eigenvalue weighted by atomic mass is 19.1. The van der Waals surface area contributed by atoms with Gasteiger partial charge in [-0.15, -0.1) is 0 Å². The van der Waals surface area contributed by atoms with Crippen LogP contribution >= 0.6 is 0 Å². The lowest BCUT2D eigenvalue weighted by atomic mass is 10.0. The maximum Gasteiger partial charge on any atom is 0.132 e. The fourth-order valence-corrected chi connectivity index (χ4v) is 1.92. The molecule has 0 unspecified atom stereocenters. The van der Waals surface area contributed by atoms with E-state index in [1.54, 1.807) is 13.0 Å². The Kier molecular flexibility index (Phi) is 3.86. The molecule has 2 aromatic rings. The number of benzene rings is 2. The maximum atomic E-state index is 13.6. The zero-order valence-electron chi connectivity index (χ0n) is 11.4. The predicted octanol–water partition coefficient (Wildman–Crippen LogP) is 4.25. The van der Waals surface area contributed by atoms with E-state index in [1.165, 1.54) is 6.07 Å². The molecule has 0 heterocycles. The molecule has 0 radical (unpaired) electrons. The van der Waals surface area contributed by atoms with Crippen LogP contribution in [0, 0.1) is 19.7 Å². The number of hydrogen-bond acceptors (Lipinski definition) is 2. The Balaban J connectivity index is 2.41. The van der Waals surface area contributed by atoms with Crippen molar-refractivity contribution in [1.29, 1.82) is 0 Å². The summed E-state index contributed by atoms with van der Waals surface area (Å²) in [6.45, 7) is 5.52. The normalized spacial score (nSPS) is 12.3. The largest absolute Gasteiger partial charge is 0.457 e. The molecule has 2 N–H and O–H groups in total. The molecule has 2 nitrogen and oxygen atoms in total. The van der Waals surface area contributed by atoms with Gasteiger partial charge in [0.15, 0.2) is 0 Å². The smallest absolute Gasteiger partial charge is 0.132 e. The first-order valence-electron chi connectivity index (χ1n) is 6.27. The Morgan fingerprint density at radius 2 is 1.89 bits per heavy atom. The highest BCUT2D eigenvalue weighted by molar-refractivity contribution is 5.43. The van der Waals surface area contributed by atoms with Gasteiger partial charge in [0.1, 0.15) is 17.3 Å².